The summed E-state index contributed by atoms with van der Waals surface area (Å²) in [5, 5.41) is 0. The molecular formula is C92H87B2N3O3. The Balaban J connectivity index is 0.960. The average molecular weight is 1300 g/mol. The number of anilines is 9. The van der Waals surface area contributed by atoms with E-state index < -0.39 is 0 Å². The summed E-state index contributed by atoms with van der Waals surface area (Å²) in [6, 6.07) is 94.8. The molecule has 12 aromatic rings. The van der Waals surface area contributed by atoms with Gasteiger partial charge in [-0.15, -0.1) is 0 Å². The molecule has 4 heterocycles. The Bertz CT molecular complexity index is 5000. The van der Waals surface area contributed by atoms with Gasteiger partial charge in [0.15, 0.2) is 0 Å². The zero-order valence-electron chi connectivity index (χ0n) is 60.5. The molecule has 0 amide bonds. The van der Waals surface area contributed by atoms with Crippen LogP contribution in [-0.2, 0) is 27.1 Å². The van der Waals surface area contributed by atoms with Crippen molar-refractivity contribution in [3.8, 4) is 56.8 Å². The van der Waals surface area contributed by atoms with Gasteiger partial charge in [-0.1, -0.05) is 237 Å². The van der Waals surface area contributed by atoms with E-state index in [1.165, 1.54) is 44.4 Å². The van der Waals surface area contributed by atoms with E-state index in [0.717, 1.165) is 124 Å². The van der Waals surface area contributed by atoms with Gasteiger partial charge in [-0.05, 0) is 220 Å². The number of para-hydroxylation sites is 2. The van der Waals surface area contributed by atoms with Crippen molar-refractivity contribution in [2.75, 3.05) is 14.7 Å². The minimum absolute atomic E-state index is 0.0155. The summed E-state index contributed by atoms with van der Waals surface area (Å²) in [6.45, 7) is 34.0. The molecule has 494 valence electrons. The van der Waals surface area contributed by atoms with Crippen LogP contribution in [0.1, 0.15) is 132 Å². The van der Waals surface area contributed by atoms with Gasteiger partial charge < -0.3 is 28.9 Å². The Hall–Kier alpha value is -10.4. The van der Waals surface area contributed by atoms with Crippen LogP contribution in [0.25, 0.3) is 22.3 Å². The predicted molar refractivity (Wildman–Crippen MR) is 424 cm³/mol. The summed E-state index contributed by atoms with van der Waals surface area (Å²) in [7, 11) is 0. The number of nitrogens with zero attached hydrogens (tertiary/aromatic N) is 3. The maximum absolute atomic E-state index is 7.74. The molecule has 0 N–H and O–H groups in total. The van der Waals surface area contributed by atoms with Gasteiger partial charge in [-0.3, -0.25) is 0 Å². The van der Waals surface area contributed by atoms with Crippen LogP contribution in [0.2, 0.25) is 0 Å². The van der Waals surface area contributed by atoms with Crippen molar-refractivity contribution in [3.63, 3.8) is 0 Å². The molecule has 4 aliphatic heterocycles. The van der Waals surface area contributed by atoms with Crippen LogP contribution in [0.15, 0.2) is 255 Å². The molecule has 4 aliphatic rings. The van der Waals surface area contributed by atoms with Crippen LogP contribution in [0.4, 0.5) is 51.2 Å². The summed E-state index contributed by atoms with van der Waals surface area (Å²) < 4.78 is 21.9. The van der Waals surface area contributed by atoms with Gasteiger partial charge in [0.05, 0.1) is 0 Å². The quantitative estimate of drug-likeness (QED) is 0.134. The number of hydrogen-bond acceptors (Lipinski definition) is 6. The summed E-state index contributed by atoms with van der Waals surface area (Å²) >= 11 is 0. The third kappa shape index (κ3) is 11.3. The molecule has 0 bridgehead atoms. The molecule has 100 heavy (non-hydrogen) atoms. The van der Waals surface area contributed by atoms with Crippen LogP contribution < -0.4 is 61.7 Å². The van der Waals surface area contributed by atoms with E-state index in [0.29, 0.717) is 0 Å². The minimum atomic E-state index is -0.249. The second-order valence-electron chi connectivity index (χ2n) is 33.0. The summed E-state index contributed by atoms with van der Waals surface area (Å²) in [5.41, 5.74) is 26.5. The van der Waals surface area contributed by atoms with Crippen LogP contribution in [0.3, 0.4) is 0 Å². The van der Waals surface area contributed by atoms with Gasteiger partial charge in [0.2, 0.25) is 0 Å². The minimum Gasteiger partial charge on any atom is -0.458 e. The normalized spacial score (nSPS) is 13.5. The van der Waals surface area contributed by atoms with E-state index >= 15 is 0 Å². The third-order valence-electron chi connectivity index (χ3n) is 21.0. The molecule has 0 fully saturated rings. The number of hydrogen-bond donors (Lipinski definition) is 0. The topological polar surface area (TPSA) is 37.4 Å². The second kappa shape index (κ2) is 23.6. The summed E-state index contributed by atoms with van der Waals surface area (Å²) in [5.74, 6) is 4.83. The van der Waals surface area contributed by atoms with Gasteiger partial charge >= 0.3 is 0 Å². The molecule has 0 aromatic heterocycles. The van der Waals surface area contributed by atoms with Gasteiger partial charge in [-0.25, -0.2) is 0 Å². The fourth-order valence-electron chi connectivity index (χ4n) is 15.5. The first-order chi connectivity index (χ1) is 47.7. The Morgan fingerprint density at radius 3 is 1.11 bits per heavy atom. The number of ether oxygens (including phenoxy) is 3. The lowest BCUT2D eigenvalue weighted by Gasteiger charge is -2.41. The van der Waals surface area contributed by atoms with Gasteiger partial charge in [0.1, 0.15) is 34.5 Å². The number of benzene rings is 12. The van der Waals surface area contributed by atoms with Crippen LogP contribution >= 0.6 is 0 Å². The molecule has 0 atom stereocenters. The predicted octanol–water partition coefficient (Wildman–Crippen LogP) is 21.6. The van der Waals surface area contributed by atoms with Crippen molar-refractivity contribution in [1.82, 2.24) is 0 Å². The van der Waals surface area contributed by atoms with Gasteiger partial charge in [0.25, 0.3) is 13.4 Å². The lowest BCUT2D eigenvalue weighted by atomic mass is 9.34. The van der Waals surface area contributed by atoms with E-state index in [2.05, 4.69) is 373 Å². The van der Waals surface area contributed by atoms with Crippen molar-refractivity contribution in [2.24, 2.45) is 0 Å². The standard InChI is InChI=1S/C92H87B2N3O3/c1-88(2,3)61-29-37-65(38-30-61)95(66-39-31-62(32-40-66)89(4,5)6)70-46-49-74-78(56-70)97(69-45-48-73(92(13,14)15)72(55-69)58-23-17-16-18-24-58)79-51-59(60-53-84-87-85(54-60)99-81-28-22-20-26-76(81)94(87)75-25-19-21-27-80(75)98-84)52-83-86(79)93(74)77-50-47-71(57-82(77)100-83)96(67-41-33-63(34-42-67)90(7,8)9)68-43-35-64(36-44-68)91(10,11)12/h16-57H,1-15H3. The zero-order valence-corrected chi connectivity index (χ0v) is 60.5. The molecule has 16 rings (SSSR count). The molecule has 0 aliphatic carbocycles. The third-order valence-corrected chi connectivity index (χ3v) is 21.0. The highest BCUT2D eigenvalue weighted by Gasteiger charge is 2.45. The average Bonchev–Trinajstić information content (AvgIpc) is 0.744. The monoisotopic (exact) mass is 1300 g/mol. The lowest BCUT2D eigenvalue weighted by Crippen LogP contribution is -2.59. The lowest BCUT2D eigenvalue weighted by molar-refractivity contribution is 0.465. The Kier molecular flexibility index (Phi) is 15.2. The number of rotatable bonds is 9. The Morgan fingerprint density at radius 1 is 0.270 bits per heavy atom. The van der Waals surface area contributed by atoms with E-state index in [1.54, 1.807) is 0 Å². The van der Waals surface area contributed by atoms with Crippen LogP contribution in [0, 0.1) is 0 Å². The molecule has 0 spiro atoms. The molecule has 12 aromatic carbocycles. The smallest absolute Gasteiger partial charge is 0.260 e. The zero-order chi connectivity index (χ0) is 69.5. The van der Waals surface area contributed by atoms with E-state index in [1.807, 2.05) is 0 Å². The van der Waals surface area contributed by atoms with Gasteiger partial charge in [-0.2, -0.15) is 0 Å². The fraction of sp³-hybridized carbons (Fsp3) is 0.217. The summed E-state index contributed by atoms with van der Waals surface area (Å²) in [4.78, 5) is 7.36. The maximum Gasteiger partial charge on any atom is 0.260 e. The second-order valence-corrected chi connectivity index (χ2v) is 33.0. The van der Waals surface area contributed by atoms with Crippen molar-refractivity contribution in [1.29, 1.82) is 0 Å². The highest BCUT2D eigenvalue weighted by Crippen LogP contribution is 2.50. The maximum atomic E-state index is 7.74. The Labute approximate surface area is 593 Å². The number of fused-ring (bicyclic) bond motifs is 8. The molecule has 6 nitrogen and oxygen atoms in total. The van der Waals surface area contributed by atoms with E-state index in [-0.39, 0.29) is 40.5 Å². The van der Waals surface area contributed by atoms with Crippen molar-refractivity contribution in [2.45, 2.75) is 131 Å². The molecule has 0 saturated heterocycles. The molecule has 8 heteroatoms. The fourth-order valence-corrected chi connectivity index (χ4v) is 15.5. The van der Waals surface area contributed by atoms with Crippen molar-refractivity contribution >= 4 is 97.4 Å². The summed E-state index contributed by atoms with van der Waals surface area (Å²) in [6.07, 6.45) is 0. The molecule has 0 radical (unpaired) electrons. The van der Waals surface area contributed by atoms with Crippen molar-refractivity contribution < 1.29 is 14.2 Å². The first-order valence-electron chi connectivity index (χ1n) is 35.6. The first kappa shape index (κ1) is 64.3. The molecule has 0 unspecified atom stereocenters. The van der Waals surface area contributed by atoms with Gasteiger partial charge in [0, 0.05) is 62.7 Å². The molecule has 0 saturated carbocycles. The van der Waals surface area contributed by atoms with E-state index in [9.17, 15) is 0 Å². The highest BCUT2D eigenvalue weighted by atomic mass is 16.5. The Morgan fingerprint density at radius 2 is 0.650 bits per heavy atom. The largest absolute Gasteiger partial charge is 0.458 e. The van der Waals surface area contributed by atoms with Crippen LogP contribution in [-0.4, -0.2) is 13.4 Å². The van der Waals surface area contributed by atoms with Crippen molar-refractivity contribution in [3.05, 3.63) is 283 Å². The highest BCUT2D eigenvalue weighted by molar-refractivity contribution is 6.99. The molecular weight excluding hydrogens is 1220 g/mol. The first-order valence-corrected chi connectivity index (χ1v) is 35.6. The van der Waals surface area contributed by atoms with E-state index in [4.69, 9.17) is 14.2 Å². The van der Waals surface area contributed by atoms with Crippen LogP contribution in [0.5, 0.6) is 34.5 Å². The SMILES string of the molecule is CC(C)(C)c1ccc(N(c2ccc(C(C)(C)C)cc2)c2ccc3c(c2)Oc2cc(-c4cc5c6c(c4)Oc4ccccc4B6c4ccccc4O5)cc4c2B3c2ccc(N(c3ccc(C(C)(C)C)cc3)c3ccc(C(C)(C)C)cc3)cc2N4c2ccc(C(C)(C)C)c(-c3ccccc3)c2)cc1.